The second-order valence-corrected chi connectivity index (χ2v) is 12.0. The summed E-state index contributed by atoms with van der Waals surface area (Å²) >= 11 is 0. The molecule has 0 aromatic heterocycles. The molecule has 0 aliphatic rings. The van der Waals surface area contributed by atoms with Crippen LogP contribution in [0.15, 0.2) is 12.1 Å². The van der Waals surface area contributed by atoms with E-state index in [1.165, 1.54) is 0 Å². The highest BCUT2D eigenvalue weighted by atomic mass is 32.2. The molecule has 5 nitrogen and oxygen atoms in total. The third kappa shape index (κ3) is 7.92. The fourth-order valence-electron chi connectivity index (χ4n) is 3.09. The fourth-order valence-corrected chi connectivity index (χ4v) is 4.29. The Morgan fingerprint density at radius 3 is 2.21 bits per heavy atom. The Hall–Kier alpha value is -1.69. The van der Waals surface area contributed by atoms with E-state index in [0.29, 0.717) is 31.2 Å². The minimum Gasteiger partial charge on any atom is -0.350 e. The Balaban J connectivity index is 2.63. The first-order chi connectivity index (χ1) is 13.2. The quantitative estimate of drug-likeness (QED) is 0.568. The number of rotatable bonds is 10. The van der Waals surface area contributed by atoms with E-state index in [4.69, 9.17) is 0 Å². The van der Waals surface area contributed by atoms with Gasteiger partial charge >= 0.3 is 0 Å². The van der Waals surface area contributed by atoms with Gasteiger partial charge in [-0.1, -0.05) is 18.1 Å². The van der Waals surface area contributed by atoms with Crippen molar-refractivity contribution in [1.29, 1.82) is 0 Å². The van der Waals surface area contributed by atoms with Crippen LogP contribution in [-0.4, -0.2) is 36.6 Å². The summed E-state index contributed by atoms with van der Waals surface area (Å²) in [5, 5.41) is 2.91. The van der Waals surface area contributed by atoms with Crippen LogP contribution in [0.1, 0.15) is 87.4 Å². The van der Waals surface area contributed by atoms with Crippen molar-refractivity contribution in [3.05, 3.63) is 34.4 Å². The van der Waals surface area contributed by atoms with Gasteiger partial charge in [-0.15, -0.1) is 0 Å². The minimum atomic E-state index is -3.10. The Kier molecular flexibility index (Phi) is 9.07. The largest absolute Gasteiger partial charge is 0.350 e. The van der Waals surface area contributed by atoms with E-state index >= 15 is 0 Å². The van der Waals surface area contributed by atoms with E-state index in [0.717, 1.165) is 23.1 Å². The summed E-state index contributed by atoms with van der Waals surface area (Å²) in [6.07, 6.45) is 2.71. The molecule has 6 heteroatoms. The lowest BCUT2D eigenvalue weighted by Crippen LogP contribution is -2.31. The molecule has 0 aliphatic carbocycles. The van der Waals surface area contributed by atoms with E-state index in [2.05, 4.69) is 5.32 Å². The van der Waals surface area contributed by atoms with Gasteiger partial charge in [0.1, 0.15) is 5.78 Å². The number of nitrogens with one attached hydrogen (secondary N) is 1. The summed E-state index contributed by atoms with van der Waals surface area (Å²) in [6.45, 7) is 12.8. The molecule has 0 saturated heterocycles. The van der Waals surface area contributed by atoms with Crippen LogP contribution in [0.5, 0.6) is 0 Å². The van der Waals surface area contributed by atoms with Crippen molar-refractivity contribution in [2.45, 2.75) is 91.4 Å². The molecule has 164 valence electrons. The van der Waals surface area contributed by atoms with Gasteiger partial charge in [-0.2, -0.15) is 0 Å². The number of unbranched alkanes of at least 4 members (excludes halogenated alkanes) is 2. The minimum absolute atomic E-state index is 0.0505. The highest BCUT2D eigenvalue weighted by Gasteiger charge is 2.28. The molecule has 0 unspecified atom stereocenters. The zero-order valence-corrected chi connectivity index (χ0v) is 19.8. The van der Waals surface area contributed by atoms with E-state index in [1.54, 1.807) is 20.8 Å². The van der Waals surface area contributed by atoms with Crippen molar-refractivity contribution >= 4 is 21.5 Å². The SMILES string of the molecule is Cc1cc(CC(=O)CCCCCS(=O)(=O)C(C)(C)C)c(C)c(C(=O)NC(C)C)c1. The van der Waals surface area contributed by atoms with Crippen LogP contribution < -0.4 is 5.32 Å². The molecule has 0 atom stereocenters. The summed E-state index contributed by atoms with van der Waals surface area (Å²) < 4.78 is 23.5. The molecule has 1 amide bonds. The lowest BCUT2D eigenvalue weighted by molar-refractivity contribution is -0.118. The maximum Gasteiger partial charge on any atom is 0.251 e. The Morgan fingerprint density at radius 2 is 1.66 bits per heavy atom. The average Bonchev–Trinajstić information content (AvgIpc) is 2.55. The Morgan fingerprint density at radius 1 is 1.03 bits per heavy atom. The first-order valence-corrected chi connectivity index (χ1v) is 12.0. The van der Waals surface area contributed by atoms with Gasteiger partial charge in [0.25, 0.3) is 5.91 Å². The monoisotopic (exact) mass is 423 g/mol. The molecule has 1 rings (SSSR count). The number of carbonyl (C=O) groups is 2. The van der Waals surface area contributed by atoms with E-state index in [-0.39, 0.29) is 23.5 Å². The zero-order valence-electron chi connectivity index (χ0n) is 19.0. The van der Waals surface area contributed by atoms with Gasteiger partial charge in [-0.3, -0.25) is 9.59 Å². The highest BCUT2D eigenvalue weighted by molar-refractivity contribution is 7.92. The van der Waals surface area contributed by atoms with Crippen LogP contribution in [0.2, 0.25) is 0 Å². The molecule has 29 heavy (non-hydrogen) atoms. The summed E-state index contributed by atoms with van der Waals surface area (Å²) in [4.78, 5) is 24.9. The molecule has 0 fully saturated rings. The third-order valence-corrected chi connectivity index (χ3v) is 7.71. The van der Waals surface area contributed by atoms with Gasteiger partial charge in [0.2, 0.25) is 0 Å². The summed E-state index contributed by atoms with van der Waals surface area (Å²) in [5.41, 5.74) is 3.31. The van der Waals surface area contributed by atoms with Crippen molar-refractivity contribution in [1.82, 2.24) is 5.32 Å². The standard InChI is InChI=1S/C23H37NO4S/c1-16(2)24-22(26)21-14-17(3)13-19(18(21)4)15-20(25)11-9-8-10-12-29(27,28)23(5,6)7/h13-14,16H,8-12,15H2,1-7H3,(H,24,26). The van der Waals surface area contributed by atoms with E-state index in [1.807, 2.05) is 39.8 Å². The van der Waals surface area contributed by atoms with Crippen LogP contribution in [0.3, 0.4) is 0 Å². The summed E-state index contributed by atoms with van der Waals surface area (Å²) in [5.74, 6) is 0.165. The molecule has 0 bridgehead atoms. The smallest absolute Gasteiger partial charge is 0.251 e. The predicted molar refractivity (Wildman–Crippen MR) is 119 cm³/mol. The van der Waals surface area contributed by atoms with Crippen LogP contribution in [0.4, 0.5) is 0 Å². The average molecular weight is 424 g/mol. The van der Waals surface area contributed by atoms with Gasteiger partial charge < -0.3 is 5.32 Å². The number of ketones is 1. The van der Waals surface area contributed by atoms with Crippen molar-refractivity contribution in [2.75, 3.05) is 5.75 Å². The predicted octanol–water partition coefficient (Wildman–Crippen LogP) is 4.33. The molecule has 0 spiro atoms. The molecule has 1 N–H and O–H groups in total. The second-order valence-electron chi connectivity index (χ2n) is 9.18. The summed E-state index contributed by atoms with van der Waals surface area (Å²) in [7, 11) is -3.10. The lowest BCUT2D eigenvalue weighted by atomic mass is 9.94. The molecule has 0 saturated carbocycles. The molecule has 0 heterocycles. The van der Waals surface area contributed by atoms with Crippen LogP contribution in [-0.2, 0) is 21.1 Å². The molecule has 0 aliphatic heterocycles. The van der Waals surface area contributed by atoms with Gasteiger partial charge in [-0.05, 0) is 78.5 Å². The summed E-state index contributed by atoms with van der Waals surface area (Å²) in [6, 6.07) is 3.88. The zero-order chi connectivity index (χ0) is 22.4. The maximum absolute atomic E-state index is 12.4. The number of benzene rings is 1. The lowest BCUT2D eigenvalue weighted by Gasteiger charge is -2.18. The van der Waals surface area contributed by atoms with E-state index < -0.39 is 14.6 Å². The second kappa shape index (κ2) is 10.4. The molecular weight excluding hydrogens is 386 g/mol. The molecular formula is C23H37NO4S. The molecule has 0 radical (unpaired) electrons. The van der Waals surface area contributed by atoms with Gasteiger partial charge in [-0.25, -0.2) is 8.42 Å². The van der Waals surface area contributed by atoms with Gasteiger partial charge in [0, 0.05) is 24.4 Å². The number of aryl methyl sites for hydroxylation is 1. The normalized spacial score (nSPS) is 12.3. The van der Waals surface area contributed by atoms with Crippen molar-refractivity contribution in [3.63, 3.8) is 0 Å². The number of amides is 1. The van der Waals surface area contributed by atoms with Crippen LogP contribution in [0.25, 0.3) is 0 Å². The molecule has 1 aromatic carbocycles. The first-order valence-electron chi connectivity index (χ1n) is 10.4. The van der Waals surface area contributed by atoms with E-state index in [9.17, 15) is 18.0 Å². The first kappa shape index (κ1) is 25.3. The van der Waals surface area contributed by atoms with Gasteiger partial charge in [0.15, 0.2) is 9.84 Å². The number of hydrogen-bond donors (Lipinski definition) is 1. The van der Waals surface area contributed by atoms with Crippen molar-refractivity contribution in [3.8, 4) is 0 Å². The molecule has 1 aromatic rings. The number of hydrogen-bond acceptors (Lipinski definition) is 4. The fraction of sp³-hybridized carbons (Fsp3) is 0.652. The van der Waals surface area contributed by atoms with Crippen molar-refractivity contribution in [2.24, 2.45) is 0 Å². The van der Waals surface area contributed by atoms with Crippen LogP contribution in [0, 0.1) is 13.8 Å². The number of sulfone groups is 1. The number of Topliss-reactive ketones (excluding diaryl/α,β-unsaturated/α-hetero) is 1. The topological polar surface area (TPSA) is 80.3 Å². The maximum atomic E-state index is 12.4. The number of carbonyl (C=O) groups excluding carboxylic acids is 2. The Labute approximate surface area is 176 Å². The van der Waals surface area contributed by atoms with Gasteiger partial charge in [0.05, 0.1) is 10.5 Å². The Bertz CT molecular complexity index is 833. The third-order valence-electron chi connectivity index (χ3n) is 5.01. The van der Waals surface area contributed by atoms with Crippen LogP contribution >= 0.6 is 0 Å². The highest BCUT2D eigenvalue weighted by Crippen LogP contribution is 2.20. The van der Waals surface area contributed by atoms with Crippen molar-refractivity contribution < 1.29 is 18.0 Å².